The lowest BCUT2D eigenvalue weighted by Gasteiger charge is -2.14. The Kier molecular flexibility index (Phi) is 10.7. The molecule has 1 unspecified atom stereocenters. The Morgan fingerprint density at radius 2 is 1.21 bits per heavy atom. The lowest BCUT2D eigenvalue weighted by Crippen LogP contribution is -2.06. The molecule has 7 N–H and O–H groups in total. The van der Waals surface area contributed by atoms with E-state index < -0.39 is 87.6 Å². The predicted octanol–water partition coefficient (Wildman–Crippen LogP) is 5.30. The molecule has 21 nitrogen and oxygen atoms in total. The van der Waals surface area contributed by atoms with Gasteiger partial charge in [0, 0.05) is 21.8 Å². The molecule has 0 radical (unpaired) electrons. The summed E-state index contributed by atoms with van der Waals surface area (Å²) in [6, 6.07) is 14.1. The molecule has 1 heterocycles. The summed E-state index contributed by atoms with van der Waals surface area (Å²) in [5, 5.41) is 11.8. The number of nitrogens with one attached hydrogen (secondary N) is 2. The van der Waals surface area contributed by atoms with Gasteiger partial charge in [-0.15, -0.1) is 10.2 Å². The van der Waals surface area contributed by atoms with Gasteiger partial charge in [-0.2, -0.15) is 48.6 Å². The van der Waals surface area contributed by atoms with E-state index in [1.807, 2.05) is 0 Å². The standard InChI is InChI=1S/C29H20ClN7O14S5/c30-27-33-28(31-15-4-6-16(7-5-15)52(38)39)35-29(34-27)32-21-9-8-20(18-2-1-3-23(26(18)21)54(43,44)45)36-37-22-13-19-14(11-25(22)56(49,50)51)10-17(53(40,41)42)12-24(19)55(46,47)48/h1-13H,(H,38,39)(H,40,41,42)(H,43,44,45)(H,46,47,48)(H,49,50,51)(H2,31,32,33,34,35). The highest BCUT2D eigenvalue weighted by molar-refractivity contribution is 7.87. The van der Waals surface area contributed by atoms with Crippen LogP contribution < -0.4 is 10.6 Å². The summed E-state index contributed by atoms with van der Waals surface area (Å²) in [4.78, 5) is 8.45. The van der Waals surface area contributed by atoms with Gasteiger partial charge in [0.2, 0.25) is 17.2 Å². The number of aromatic nitrogens is 3. The molecule has 292 valence electrons. The van der Waals surface area contributed by atoms with Crippen LogP contribution in [0, 0.1) is 0 Å². The van der Waals surface area contributed by atoms with E-state index >= 15 is 0 Å². The van der Waals surface area contributed by atoms with Crippen molar-refractivity contribution in [3.05, 3.63) is 84.1 Å². The van der Waals surface area contributed by atoms with Crippen LogP contribution in [0.15, 0.2) is 114 Å². The maximum atomic E-state index is 12.5. The highest BCUT2D eigenvalue weighted by Gasteiger charge is 2.25. The maximum absolute atomic E-state index is 12.5. The van der Waals surface area contributed by atoms with E-state index in [9.17, 15) is 60.6 Å². The van der Waals surface area contributed by atoms with Crippen molar-refractivity contribution < 1.29 is 60.6 Å². The zero-order valence-corrected chi connectivity index (χ0v) is 31.9. The quantitative estimate of drug-likeness (QED) is 0.0493. The summed E-state index contributed by atoms with van der Waals surface area (Å²) < 4.78 is 158. The average Bonchev–Trinajstić information content (AvgIpc) is 3.08. The smallest absolute Gasteiger partial charge is 0.296 e. The van der Waals surface area contributed by atoms with E-state index in [1.54, 1.807) is 0 Å². The molecule has 0 amide bonds. The fraction of sp³-hybridized carbons (Fsp3) is 0. The van der Waals surface area contributed by atoms with Gasteiger partial charge in [0.05, 0.1) is 21.2 Å². The van der Waals surface area contributed by atoms with Crippen LogP contribution >= 0.6 is 11.6 Å². The average molecular weight is 886 g/mol. The highest BCUT2D eigenvalue weighted by atomic mass is 35.5. The molecule has 0 saturated carbocycles. The molecule has 6 aromatic rings. The Morgan fingerprint density at radius 3 is 1.80 bits per heavy atom. The van der Waals surface area contributed by atoms with Crippen molar-refractivity contribution in [2.75, 3.05) is 10.6 Å². The van der Waals surface area contributed by atoms with E-state index in [-0.39, 0.29) is 44.2 Å². The maximum Gasteiger partial charge on any atom is 0.296 e. The van der Waals surface area contributed by atoms with E-state index in [1.165, 1.54) is 48.5 Å². The topological polar surface area (TPSA) is 342 Å². The van der Waals surface area contributed by atoms with Crippen molar-refractivity contribution >= 4 is 119 Å². The Morgan fingerprint density at radius 1 is 0.607 bits per heavy atom. The van der Waals surface area contributed by atoms with Crippen molar-refractivity contribution in [3.63, 3.8) is 0 Å². The molecule has 0 aliphatic carbocycles. The summed E-state index contributed by atoms with van der Waals surface area (Å²) in [6.45, 7) is 0. The van der Waals surface area contributed by atoms with Gasteiger partial charge in [-0.25, -0.2) is 4.21 Å². The van der Waals surface area contributed by atoms with Gasteiger partial charge in [0.15, 0.2) is 11.1 Å². The summed E-state index contributed by atoms with van der Waals surface area (Å²) >= 11 is 3.89. The van der Waals surface area contributed by atoms with Gasteiger partial charge >= 0.3 is 0 Å². The van der Waals surface area contributed by atoms with Crippen LogP contribution in [-0.2, 0) is 51.6 Å². The molecule has 0 bridgehead atoms. The number of anilines is 4. The van der Waals surface area contributed by atoms with Gasteiger partial charge in [-0.3, -0.25) is 18.2 Å². The molecule has 1 aromatic heterocycles. The van der Waals surface area contributed by atoms with Gasteiger partial charge in [-0.1, -0.05) is 12.1 Å². The van der Waals surface area contributed by atoms with Crippen LogP contribution in [0.5, 0.6) is 0 Å². The first-order valence-electron chi connectivity index (χ1n) is 14.6. The summed E-state index contributed by atoms with van der Waals surface area (Å²) in [5.74, 6) is -0.367. The molecule has 0 spiro atoms. The molecular weight excluding hydrogens is 866 g/mol. The minimum Gasteiger partial charge on any atom is -0.324 e. The van der Waals surface area contributed by atoms with Crippen LogP contribution in [0.4, 0.5) is 34.6 Å². The van der Waals surface area contributed by atoms with Crippen LogP contribution in [0.25, 0.3) is 21.5 Å². The van der Waals surface area contributed by atoms with Crippen LogP contribution in [0.3, 0.4) is 0 Å². The third kappa shape index (κ3) is 8.79. The van der Waals surface area contributed by atoms with Gasteiger partial charge in [0.25, 0.3) is 40.5 Å². The largest absolute Gasteiger partial charge is 0.324 e. The molecule has 0 aliphatic heterocycles. The van der Waals surface area contributed by atoms with E-state index in [4.69, 9.17) is 11.6 Å². The first kappa shape index (κ1) is 40.5. The number of hydrogen-bond donors (Lipinski definition) is 7. The molecule has 0 fully saturated rings. The Hall–Kier alpha value is -5.13. The Labute approximate surface area is 322 Å². The highest BCUT2D eigenvalue weighted by Crippen LogP contribution is 2.40. The predicted molar refractivity (Wildman–Crippen MR) is 198 cm³/mol. The number of benzene rings is 5. The fourth-order valence-corrected chi connectivity index (χ4v) is 8.45. The number of hydrogen-bond acceptors (Lipinski definition) is 16. The molecule has 56 heavy (non-hydrogen) atoms. The number of nitrogens with zero attached hydrogens (tertiary/aromatic N) is 5. The molecule has 0 saturated heterocycles. The first-order valence-corrected chi connectivity index (χ1v) is 21.9. The second-order valence-electron chi connectivity index (χ2n) is 11.1. The number of rotatable bonds is 11. The number of halogens is 1. The summed E-state index contributed by atoms with van der Waals surface area (Å²) in [5.41, 5.74) is -0.629. The van der Waals surface area contributed by atoms with Crippen molar-refractivity contribution in [2.45, 2.75) is 24.5 Å². The molecule has 1 atom stereocenters. The molecule has 27 heteroatoms. The monoisotopic (exact) mass is 885 g/mol. The summed E-state index contributed by atoms with van der Waals surface area (Å²) in [7, 11) is -20.5. The molecule has 0 aliphatic rings. The van der Waals surface area contributed by atoms with Crippen LogP contribution in [-0.4, -0.2) is 75.6 Å². The van der Waals surface area contributed by atoms with Crippen molar-refractivity contribution in [1.29, 1.82) is 0 Å². The Bertz CT molecular complexity index is 3130. The fourth-order valence-electron chi connectivity index (χ4n) is 5.20. The Balaban J connectivity index is 1.48. The third-order valence-corrected chi connectivity index (χ3v) is 11.9. The second kappa shape index (κ2) is 14.7. The van der Waals surface area contributed by atoms with Crippen LogP contribution in [0.2, 0.25) is 5.28 Å². The summed E-state index contributed by atoms with van der Waals surface area (Å²) in [6.07, 6.45) is 0. The third-order valence-electron chi connectivity index (χ3n) is 7.51. The van der Waals surface area contributed by atoms with Crippen molar-refractivity contribution in [1.82, 2.24) is 15.0 Å². The molecule has 5 aromatic carbocycles. The van der Waals surface area contributed by atoms with E-state index in [0.29, 0.717) is 23.9 Å². The van der Waals surface area contributed by atoms with Gasteiger partial charge < -0.3 is 15.2 Å². The SMILES string of the molecule is O=S(O)c1ccc(Nc2nc(Cl)nc(Nc3ccc(N=Nc4cc5c(S(=O)(=O)O)cc(S(=O)(=O)O)cc5cc4S(=O)(=O)O)c4cccc(S(=O)(=O)O)c34)n2)cc1. The van der Waals surface area contributed by atoms with Crippen LogP contribution in [0.1, 0.15) is 0 Å². The molecule has 6 rings (SSSR count). The number of azo groups is 1. The number of fused-ring (bicyclic) bond motifs is 2. The van der Waals surface area contributed by atoms with Crippen molar-refractivity contribution in [3.8, 4) is 0 Å². The van der Waals surface area contributed by atoms with Crippen molar-refractivity contribution in [2.24, 2.45) is 10.2 Å². The van der Waals surface area contributed by atoms with Gasteiger partial charge in [0.1, 0.15) is 20.4 Å². The normalized spacial score (nSPS) is 13.3. The zero-order chi connectivity index (χ0) is 41.0. The minimum atomic E-state index is -5.24. The first-order chi connectivity index (χ1) is 26.0. The minimum absolute atomic E-state index is 0.0562. The second-order valence-corrected chi connectivity index (χ2v) is 18.0. The lowest BCUT2D eigenvalue weighted by atomic mass is 10.1. The van der Waals surface area contributed by atoms with E-state index in [0.717, 1.165) is 12.1 Å². The van der Waals surface area contributed by atoms with E-state index in [2.05, 4.69) is 35.8 Å². The molecular formula is C29H20ClN7O14S5. The lowest BCUT2D eigenvalue weighted by molar-refractivity contribution is 0.479. The zero-order valence-electron chi connectivity index (χ0n) is 27.1. The van der Waals surface area contributed by atoms with Gasteiger partial charge in [-0.05, 0) is 83.7 Å².